The van der Waals surface area contributed by atoms with Gasteiger partial charge in [-0.15, -0.1) is 11.3 Å². The maximum atomic E-state index is 12.3. The number of hydrogen-bond acceptors (Lipinski definition) is 6. The van der Waals surface area contributed by atoms with Gasteiger partial charge in [0, 0.05) is 16.5 Å². The highest BCUT2D eigenvalue weighted by atomic mass is 35.5. The monoisotopic (exact) mass is 388 g/mol. The van der Waals surface area contributed by atoms with Gasteiger partial charge in [0.1, 0.15) is 17.2 Å². The standard InChI is InChI=1S/C18H13ClN2O4S/c1-11-5-4-7-14(16(11)21(23)24)18(22)25-9-12-10-26-17(20-12)13-6-2-3-8-15(13)19/h2-8,10H,9H2,1H3. The molecule has 26 heavy (non-hydrogen) atoms. The Hall–Kier alpha value is -2.77. The molecule has 0 radical (unpaired) electrons. The molecule has 0 aliphatic heterocycles. The van der Waals surface area contributed by atoms with E-state index in [1.807, 2.05) is 18.2 Å². The lowest BCUT2D eigenvalue weighted by Gasteiger charge is -2.05. The summed E-state index contributed by atoms with van der Waals surface area (Å²) in [5, 5.41) is 14.2. The Kier molecular flexibility index (Phi) is 5.29. The number of benzene rings is 2. The van der Waals surface area contributed by atoms with Gasteiger partial charge in [0.2, 0.25) is 0 Å². The quantitative estimate of drug-likeness (QED) is 0.347. The number of para-hydroxylation sites is 1. The molecule has 0 amide bonds. The van der Waals surface area contributed by atoms with Crippen molar-refractivity contribution in [3.8, 4) is 10.6 Å². The normalized spacial score (nSPS) is 10.5. The highest BCUT2D eigenvalue weighted by Crippen LogP contribution is 2.30. The van der Waals surface area contributed by atoms with Crippen LogP contribution in [0.5, 0.6) is 0 Å². The Balaban J connectivity index is 1.75. The highest BCUT2D eigenvalue weighted by molar-refractivity contribution is 7.13. The van der Waals surface area contributed by atoms with Gasteiger partial charge in [-0.3, -0.25) is 10.1 Å². The molecule has 0 spiro atoms. The minimum atomic E-state index is -0.757. The van der Waals surface area contributed by atoms with Crippen molar-refractivity contribution in [3.05, 3.63) is 79.8 Å². The van der Waals surface area contributed by atoms with Crippen molar-refractivity contribution in [2.45, 2.75) is 13.5 Å². The molecule has 1 heterocycles. The molecule has 0 atom stereocenters. The van der Waals surface area contributed by atoms with Crippen LogP contribution in [0, 0.1) is 17.0 Å². The zero-order chi connectivity index (χ0) is 18.7. The molecule has 6 nitrogen and oxygen atoms in total. The third kappa shape index (κ3) is 3.74. The molecule has 0 N–H and O–H groups in total. The first-order chi connectivity index (χ1) is 12.5. The van der Waals surface area contributed by atoms with E-state index in [9.17, 15) is 14.9 Å². The van der Waals surface area contributed by atoms with Crippen LogP contribution in [0.2, 0.25) is 5.02 Å². The topological polar surface area (TPSA) is 82.3 Å². The van der Waals surface area contributed by atoms with Gasteiger partial charge < -0.3 is 4.74 Å². The molecule has 8 heteroatoms. The SMILES string of the molecule is Cc1cccc(C(=O)OCc2csc(-c3ccccc3Cl)n2)c1[N+](=O)[O-]. The van der Waals surface area contributed by atoms with E-state index in [2.05, 4.69) is 4.98 Å². The van der Waals surface area contributed by atoms with Crippen LogP contribution in [-0.2, 0) is 11.3 Å². The lowest BCUT2D eigenvalue weighted by Crippen LogP contribution is -2.09. The summed E-state index contributed by atoms with van der Waals surface area (Å²) in [5.41, 5.74) is 1.43. The van der Waals surface area contributed by atoms with Gasteiger partial charge in [-0.05, 0) is 19.1 Å². The van der Waals surface area contributed by atoms with E-state index in [4.69, 9.17) is 16.3 Å². The lowest BCUT2D eigenvalue weighted by atomic mass is 10.1. The molecule has 0 unspecified atom stereocenters. The number of hydrogen-bond donors (Lipinski definition) is 0. The average molecular weight is 389 g/mol. The van der Waals surface area contributed by atoms with Gasteiger partial charge in [0.25, 0.3) is 5.69 Å². The van der Waals surface area contributed by atoms with Crippen molar-refractivity contribution in [1.29, 1.82) is 0 Å². The Morgan fingerprint density at radius 1 is 1.27 bits per heavy atom. The number of nitro benzene ring substituents is 1. The van der Waals surface area contributed by atoms with Crippen LogP contribution in [0.15, 0.2) is 47.8 Å². The van der Waals surface area contributed by atoms with Crippen molar-refractivity contribution in [2.75, 3.05) is 0 Å². The van der Waals surface area contributed by atoms with Crippen LogP contribution >= 0.6 is 22.9 Å². The van der Waals surface area contributed by atoms with E-state index in [-0.39, 0.29) is 17.9 Å². The molecule has 0 fully saturated rings. The lowest BCUT2D eigenvalue weighted by molar-refractivity contribution is -0.385. The van der Waals surface area contributed by atoms with Gasteiger partial charge in [0.15, 0.2) is 0 Å². The van der Waals surface area contributed by atoms with E-state index in [1.165, 1.54) is 17.4 Å². The summed E-state index contributed by atoms with van der Waals surface area (Å²) in [6.07, 6.45) is 0. The van der Waals surface area contributed by atoms with Gasteiger partial charge in [-0.2, -0.15) is 0 Å². The summed E-state index contributed by atoms with van der Waals surface area (Å²) >= 11 is 7.53. The predicted molar refractivity (Wildman–Crippen MR) is 99.5 cm³/mol. The third-order valence-electron chi connectivity index (χ3n) is 3.65. The van der Waals surface area contributed by atoms with Crippen molar-refractivity contribution in [2.24, 2.45) is 0 Å². The molecule has 0 saturated heterocycles. The third-order valence-corrected chi connectivity index (χ3v) is 4.90. The Morgan fingerprint density at radius 3 is 2.77 bits per heavy atom. The summed E-state index contributed by atoms with van der Waals surface area (Å²) in [6, 6.07) is 11.9. The maximum absolute atomic E-state index is 12.3. The molecular weight excluding hydrogens is 376 g/mol. The molecule has 3 aromatic rings. The predicted octanol–water partition coefficient (Wildman–Crippen LogP) is 5.04. The molecule has 132 valence electrons. The molecular formula is C18H13ClN2O4S. The van der Waals surface area contributed by atoms with Crippen LogP contribution in [-0.4, -0.2) is 15.9 Å². The first-order valence-electron chi connectivity index (χ1n) is 7.58. The molecule has 3 rings (SSSR count). The van der Waals surface area contributed by atoms with Crippen molar-refractivity contribution >= 4 is 34.6 Å². The van der Waals surface area contributed by atoms with Gasteiger partial charge in [-0.25, -0.2) is 9.78 Å². The largest absolute Gasteiger partial charge is 0.455 e. The number of carbonyl (C=O) groups excluding carboxylic acids is 1. The van der Waals surface area contributed by atoms with Crippen molar-refractivity contribution in [1.82, 2.24) is 4.98 Å². The molecule has 2 aromatic carbocycles. The summed E-state index contributed by atoms with van der Waals surface area (Å²) in [5.74, 6) is -0.757. The summed E-state index contributed by atoms with van der Waals surface area (Å²) in [6.45, 7) is 1.50. The van der Waals surface area contributed by atoms with Crippen LogP contribution in [0.3, 0.4) is 0 Å². The van der Waals surface area contributed by atoms with Gasteiger partial charge in [-0.1, -0.05) is 41.9 Å². The Labute approximate surface area is 158 Å². The molecule has 0 saturated carbocycles. The molecule has 0 aliphatic carbocycles. The number of nitrogens with zero attached hydrogens (tertiary/aromatic N) is 2. The number of thiazole rings is 1. The first kappa shape index (κ1) is 18.0. The number of halogens is 1. The van der Waals surface area contributed by atoms with Crippen molar-refractivity contribution < 1.29 is 14.5 Å². The Bertz CT molecular complexity index is 987. The molecule has 0 bridgehead atoms. The van der Waals surface area contributed by atoms with Crippen LogP contribution in [0.25, 0.3) is 10.6 Å². The smallest absolute Gasteiger partial charge is 0.345 e. The van der Waals surface area contributed by atoms with E-state index in [1.54, 1.807) is 30.5 Å². The number of aromatic nitrogens is 1. The molecule has 1 aromatic heterocycles. The zero-order valence-electron chi connectivity index (χ0n) is 13.6. The van der Waals surface area contributed by atoms with E-state index < -0.39 is 10.9 Å². The number of carbonyl (C=O) groups is 1. The van der Waals surface area contributed by atoms with Gasteiger partial charge in [0.05, 0.1) is 15.6 Å². The minimum Gasteiger partial charge on any atom is -0.455 e. The number of esters is 1. The fraction of sp³-hybridized carbons (Fsp3) is 0.111. The van der Waals surface area contributed by atoms with Crippen LogP contribution in [0.1, 0.15) is 21.6 Å². The van der Waals surface area contributed by atoms with E-state index >= 15 is 0 Å². The van der Waals surface area contributed by atoms with Crippen LogP contribution in [0.4, 0.5) is 5.69 Å². The first-order valence-corrected chi connectivity index (χ1v) is 8.83. The highest BCUT2D eigenvalue weighted by Gasteiger charge is 2.23. The second kappa shape index (κ2) is 7.63. The van der Waals surface area contributed by atoms with Crippen molar-refractivity contribution in [3.63, 3.8) is 0 Å². The summed E-state index contributed by atoms with van der Waals surface area (Å²) in [7, 11) is 0. The van der Waals surface area contributed by atoms with Crippen LogP contribution < -0.4 is 0 Å². The average Bonchev–Trinajstić information content (AvgIpc) is 3.08. The molecule has 0 aliphatic rings. The summed E-state index contributed by atoms with van der Waals surface area (Å²) < 4.78 is 5.21. The summed E-state index contributed by atoms with van der Waals surface area (Å²) in [4.78, 5) is 27.3. The van der Waals surface area contributed by atoms with Gasteiger partial charge >= 0.3 is 5.97 Å². The number of rotatable bonds is 5. The maximum Gasteiger partial charge on any atom is 0.345 e. The number of nitro groups is 1. The number of aryl methyl sites for hydroxylation is 1. The fourth-order valence-corrected chi connectivity index (χ4v) is 3.54. The Morgan fingerprint density at radius 2 is 2.04 bits per heavy atom. The second-order valence-corrected chi connectivity index (χ2v) is 6.69. The van der Waals surface area contributed by atoms with E-state index in [0.29, 0.717) is 21.3 Å². The second-order valence-electron chi connectivity index (χ2n) is 5.43. The number of ether oxygens (including phenoxy) is 1. The van der Waals surface area contributed by atoms with E-state index in [0.717, 1.165) is 5.56 Å². The fourth-order valence-electron chi connectivity index (χ4n) is 2.41. The minimum absolute atomic E-state index is 0.0726. The zero-order valence-corrected chi connectivity index (χ0v) is 15.2.